The number of Topliss-reactive ketones (excluding diaryl/α,β-unsaturated/α-hetero) is 1. The molecule has 5 rings (SSSR count). The molecule has 3 amide bonds. The number of hydrogen-bond acceptors (Lipinski definition) is 6. The highest BCUT2D eigenvalue weighted by Gasteiger charge is 2.41. The van der Waals surface area contributed by atoms with E-state index < -0.39 is 11.4 Å². The third-order valence-electron chi connectivity index (χ3n) is 7.30. The molecule has 0 bridgehead atoms. The van der Waals surface area contributed by atoms with Crippen LogP contribution in [0.3, 0.4) is 0 Å². The van der Waals surface area contributed by atoms with Crippen molar-refractivity contribution < 1.29 is 23.6 Å². The van der Waals surface area contributed by atoms with Gasteiger partial charge in [-0.3, -0.25) is 19.2 Å². The summed E-state index contributed by atoms with van der Waals surface area (Å²) in [6, 6.07) is 14.3. The Kier molecular flexibility index (Phi) is 7.18. The van der Waals surface area contributed by atoms with Gasteiger partial charge in [-0.15, -0.1) is 0 Å². The molecule has 2 heterocycles. The molecule has 1 saturated carbocycles. The van der Waals surface area contributed by atoms with E-state index in [9.17, 15) is 19.2 Å². The van der Waals surface area contributed by atoms with Gasteiger partial charge in [0, 0.05) is 31.0 Å². The zero-order valence-electron chi connectivity index (χ0n) is 21.5. The molecule has 38 heavy (non-hydrogen) atoms. The van der Waals surface area contributed by atoms with E-state index in [0.717, 1.165) is 36.8 Å². The number of anilines is 3. The minimum Gasteiger partial charge on any atom is -0.451 e. The molecule has 1 saturated heterocycles. The molecule has 3 aromatic rings. The standard InChI is InChI=1S/C29H32N4O5/c1-19(34)30-23-17-21(11-12-24(23)33-15-7-9-22(35)18-33)31-28(37)29(13-5-2-6-14-29)32-27(36)26-16-20-8-3-4-10-25(20)38-26/h3-4,8,10-12,16-17H,2,5-7,9,13-15,18H2,1H3,(H,30,34)(H,31,37)(H,32,36). The van der Waals surface area contributed by atoms with Gasteiger partial charge in [0.25, 0.3) is 5.91 Å². The topological polar surface area (TPSA) is 121 Å². The maximum absolute atomic E-state index is 13.7. The van der Waals surface area contributed by atoms with Crippen molar-refractivity contribution >= 4 is 51.5 Å². The molecule has 1 aromatic heterocycles. The van der Waals surface area contributed by atoms with Gasteiger partial charge in [0.2, 0.25) is 11.8 Å². The van der Waals surface area contributed by atoms with Gasteiger partial charge in [-0.1, -0.05) is 37.5 Å². The second-order valence-electron chi connectivity index (χ2n) is 10.2. The summed E-state index contributed by atoms with van der Waals surface area (Å²) < 4.78 is 5.73. The first-order chi connectivity index (χ1) is 18.3. The molecule has 198 valence electrons. The predicted molar refractivity (Wildman–Crippen MR) is 145 cm³/mol. The number of nitrogens with zero attached hydrogens (tertiary/aromatic N) is 1. The van der Waals surface area contributed by atoms with E-state index in [1.807, 2.05) is 23.1 Å². The SMILES string of the molecule is CC(=O)Nc1cc(NC(=O)C2(NC(=O)c3cc4ccccc4o3)CCCCC2)ccc1N1CCCC(=O)C1. The van der Waals surface area contributed by atoms with Gasteiger partial charge in [-0.2, -0.15) is 0 Å². The van der Waals surface area contributed by atoms with Crippen LogP contribution in [-0.2, 0) is 14.4 Å². The molecule has 0 atom stereocenters. The van der Waals surface area contributed by atoms with Crippen LogP contribution in [0.25, 0.3) is 11.0 Å². The average molecular weight is 517 g/mol. The number of para-hydroxylation sites is 1. The van der Waals surface area contributed by atoms with Crippen molar-refractivity contribution in [2.75, 3.05) is 28.6 Å². The van der Waals surface area contributed by atoms with Crippen LogP contribution >= 0.6 is 0 Å². The fraction of sp³-hybridized carbons (Fsp3) is 0.379. The Balaban J connectivity index is 1.38. The summed E-state index contributed by atoms with van der Waals surface area (Å²) in [6.45, 7) is 2.41. The molecular weight excluding hydrogens is 484 g/mol. The van der Waals surface area contributed by atoms with E-state index in [-0.39, 0.29) is 29.9 Å². The van der Waals surface area contributed by atoms with Gasteiger partial charge in [0.15, 0.2) is 11.5 Å². The van der Waals surface area contributed by atoms with Crippen LogP contribution in [-0.4, -0.2) is 42.1 Å². The van der Waals surface area contributed by atoms with Crippen LogP contribution in [0.5, 0.6) is 0 Å². The van der Waals surface area contributed by atoms with E-state index in [0.29, 0.717) is 42.8 Å². The summed E-state index contributed by atoms with van der Waals surface area (Å²) >= 11 is 0. The minimum absolute atomic E-state index is 0.154. The zero-order chi connectivity index (χ0) is 26.7. The molecule has 9 heteroatoms. The lowest BCUT2D eigenvalue weighted by Crippen LogP contribution is -2.57. The number of carbonyl (C=O) groups is 4. The number of furan rings is 1. The van der Waals surface area contributed by atoms with Crippen LogP contribution in [0, 0.1) is 0 Å². The largest absolute Gasteiger partial charge is 0.451 e. The molecule has 0 radical (unpaired) electrons. The number of piperidine rings is 1. The maximum Gasteiger partial charge on any atom is 0.287 e. The molecule has 2 aromatic carbocycles. The van der Waals surface area contributed by atoms with Crippen LogP contribution < -0.4 is 20.9 Å². The number of rotatable bonds is 6. The van der Waals surface area contributed by atoms with Gasteiger partial charge < -0.3 is 25.3 Å². The normalized spacial score (nSPS) is 17.2. The summed E-state index contributed by atoms with van der Waals surface area (Å²) in [6.07, 6.45) is 4.95. The lowest BCUT2D eigenvalue weighted by Gasteiger charge is -2.36. The van der Waals surface area contributed by atoms with Gasteiger partial charge >= 0.3 is 0 Å². The Morgan fingerprint density at radius 2 is 1.74 bits per heavy atom. The molecule has 2 fully saturated rings. The molecule has 0 spiro atoms. The lowest BCUT2D eigenvalue weighted by atomic mass is 9.80. The number of carbonyl (C=O) groups excluding carboxylic acids is 4. The second-order valence-corrected chi connectivity index (χ2v) is 10.2. The molecule has 0 unspecified atom stereocenters. The van der Waals surface area contributed by atoms with Gasteiger partial charge in [0.1, 0.15) is 11.1 Å². The van der Waals surface area contributed by atoms with Crippen molar-refractivity contribution in [2.45, 2.75) is 57.4 Å². The highest BCUT2D eigenvalue weighted by molar-refractivity contribution is 6.05. The molecule has 1 aliphatic carbocycles. The quantitative estimate of drug-likeness (QED) is 0.439. The van der Waals surface area contributed by atoms with Crippen molar-refractivity contribution in [3.05, 3.63) is 54.3 Å². The Morgan fingerprint density at radius 3 is 2.47 bits per heavy atom. The lowest BCUT2D eigenvalue weighted by molar-refractivity contribution is -0.123. The van der Waals surface area contributed by atoms with E-state index >= 15 is 0 Å². The number of amides is 3. The number of benzene rings is 2. The molecule has 1 aliphatic heterocycles. The van der Waals surface area contributed by atoms with Crippen molar-refractivity contribution in [3.63, 3.8) is 0 Å². The van der Waals surface area contributed by atoms with E-state index in [1.54, 1.807) is 30.3 Å². The Morgan fingerprint density at radius 1 is 0.947 bits per heavy atom. The predicted octanol–water partition coefficient (Wildman–Crippen LogP) is 4.63. The molecule has 9 nitrogen and oxygen atoms in total. The summed E-state index contributed by atoms with van der Waals surface area (Å²) in [5.41, 5.74) is 1.28. The first-order valence-electron chi connectivity index (χ1n) is 13.1. The van der Waals surface area contributed by atoms with E-state index in [4.69, 9.17) is 4.42 Å². The number of hydrogen-bond donors (Lipinski definition) is 3. The second kappa shape index (κ2) is 10.7. The van der Waals surface area contributed by atoms with Crippen molar-refractivity contribution in [3.8, 4) is 0 Å². The summed E-state index contributed by atoms with van der Waals surface area (Å²) in [7, 11) is 0. The van der Waals surface area contributed by atoms with E-state index in [1.165, 1.54) is 6.92 Å². The fourth-order valence-electron chi connectivity index (χ4n) is 5.41. The van der Waals surface area contributed by atoms with Gasteiger partial charge in [-0.05, 0) is 49.6 Å². The van der Waals surface area contributed by atoms with Crippen molar-refractivity contribution in [1.82, 2.24) is 5.32 Å². The van der Waals surface area contributed by atoms with E-state index in [2.05, 4.69) is 16.0 Å². The third-order valence-corrected chi connectivity index (χ3v) is 7.30. The minimum atomic E-state index is -1.08. The van der Waals surface area contributed by atoms with Crippen LogP contribution in [0.15, 0.2) is 52.9 Å². The maximum atomic E-state index is 13.7. The van der Waals surface area contributed by atoms with Crippen LogP contribution in [0.1, 0.15) is 62.4 Å². The summed E-state index contributed by atoms with van der Waals surface area (Å²) in [4.78, 5) is 52.8. The Labute approximate surface area is 220 Å². The summed E-state index contributed by atoms with van der Waals surface area (Å²) in [5.74, 6) is -0.669. The number of fused-ring (bicyclic) bond motifs is 1. The van der Waals surface area contributed by atoms with Crippen LogP contribution in [0.4, 0.5) is 17.1 Å². The summed E-state index contributed by atoms with van der Waals surface area (Å²) in [5, 5.41) is 9.60. The van der Waals surface area contributed by atoms with Gasteiger partial charge in [0.05, 0.1) is 17.9 Å². The molecule has 3 N–H and O–H groups in total. The van der Waals surface area contributed by atoms with Crippen molar-refractivity contribution in [2.24, 2.45) is 0 Å². The Hall–Kier alpha value is -4.14. The molecule has 2 aliphatic rings. The average Bonchev–Trinajstić information content (AvgIpc) is 3.34. The first kappa shape index (κ1) is 25.5. The van der Waals surface area contributed by atoms with Crippen molar-refractivity contribution in [1.29, 1.82) is 0 Å². The monoisotopic (exact) mass is 516 g/mol. The highest BCUT2D eigenvalue weighted by Crippen LogP contribution is 2.34. The fourth-order valence-corrected chi connectivity index (χ4v) is 5.41. The van der Waals surface area contributed by atoms with Crippen LogP contribution in [0.2, 0.25) is 0 Å². The molecular formula is C29H32N4O5. The number of ketones is 1. The number of nitrogens with one attached hydrogen (secondary N) is 3. The van der Waals surface area contributed by atoms with Gasteiger partial charge in [-0.25, -0.2) is 0 Å². The highest BCUT2D eigenvalue weighted by atomic mass is 16.3. The third kappa shape index (κ3) is 5.41. The first-order valence-corrected chi connectivity index (χ1v) is 13.1. The Bertz CT molecular complexity index is 1360. The zero-order valence-corrected chi connectivity index (χ0v) is 21.5. The smallest absolute Gasteiger partial charge is 0.287 e.